The predicted molar refractivity (Wildman–Crippen MR) is 87.5 cm³/mol. The minimum Gasteiger partial charge on any atom is -0.486 e. The second-order valence-electron chi connectivity index (χ2n) is 5.27. The Kier molecular flexibility index (Phi) is 3.42. The molecule has 0 amide bonds. The molecular weight excluding hydrogens is 316 g/mol. The lowest BCUT2D eigenvalue weighted by atomic mass is 10.1. The highest BCUT2D eigenvalue weighted by Crippen LogP contribution is 2.38. The summed E-state index contributed by atoms with van der Waals surface area (Å²) in [5.41, 5.74) is 2.27. The van der Waals surface area contributed by atoms with Gasteiger partial charge in [-0.05, 0) is 29.8 Å². The number of fused-ring (bicyclic) bond motifs is 2. The van der Waals surface area contributed by atoms with Crippen molar-refractivity contribution >= 4 is 22.6 Å². The fourth-order valence-electron chi connectivity index (χ4n) is 2.72. The largest absolute Gasteiger partial charge is 0.486 e. The molecule has 6 heteroatoms. The van der Waals surface area contributed by atoms with Gasteiger partial charge < -0.3 is 14.0 Å². The Balaban J connectivity index is 1.81. The van der Waals surface area contributed by atoms with E-state index in [1.165, 1.54) is 6.20 Å². The third kappa shape index (κ3) is 2.53. The van der Waals surface area contributed by atoms with E-state index in [2.05, 4.69) is 4.98 Å². The Morgan fingerprint density at radius 3 is 2.91 bits per heavy atom. The van der Waals surface area contributed by atoms with E-state index in [-0.39, 0.29) is 5.56 Å². The van der Waals surface area contributed by atoms with E-state index in [1.807, 2.05) is 30.3 Å². The normalized spacial score (nSPS) is 13.3. The SMILES string of the molecule is O=c1cnc2ccccc2n1Cc1cc(Cl)c2c(c1)OCCO2. The fraction of sp³-hybridized carbons (Fsp3) is 0.176. The van der Waals surface area contributed by atoms with Crippen molar-refractivity contribution in [2.75, 3.05) is 13.2 Å². The van der Waals surface area contributed by atoms with Gasteiger partial charge in [0.2, 0.25) is 0 Å². The predicted octanol–water partition coefficient (Wildman–Crippen LogP) is 2.87. The minimum absolute atomic E-state index is 0.158. The van der Waals surface area contributed by atoms with Gasteiger partial charge in [-0.2, -0.15) is 0 Å². The zero-order chi connectivity index (χ0) is 15.8. The number of rotatable bonds is 2. The quantitative estimate of drug-likeness (QED) is 0.726. The first-order valence-corrected chi connectivity index (χ1v) is 7.63. The van der Waals surface area contributed by atoms with E-state index in [9.17, 15) is 4.79 Å². The number of ether oxygens (including phenoxy) is 2. The van der Waals surface area contributed by atoms with Crippen LogP contribution in [0, 0.1) is 0 Å². The van der Waals surface area contributed by atoms with Gasteiger partial charge in [-0.1, -0.05) is 23.7 Å². The smallest absolute Gasteiger partial charge is 0.269 e. The monoisotopic (exact) mass is 328 g/mol. The van der Waals surface area contributed by atoms with Crippen molar-refractivity contribution in [1.82, 2.24) is 9.55 Å². The summed E-state index contributed by atoms with van der Waals surface area (Å²) >= 11 is 6.27. The minimum atomic E-state index is -0.158. The van der Waals surface area contributed by atoms with Gasteiger partial charge in [0.05, 0.1) is 28.8 Å². The van der Waals surface area contributed by atoms with Crippen LogP contribution in [0.2, 0.25) is 5.02 Å². The molecule has 5 nitrogen and oxygen atoms in total. The van der Waals surface area contributed by atoms with Crippen LogP contribution in [0.15, 0.2) is 47.4 Å². The summed E-state index contributed by atoms with van der Waals surface area (Å²) in [6, 6.07) is 11.2. The van der Waals surface area contributed by atoms with Crippen molar-refractivity contribution in [3.63, 3.8) is 0 Å². The highest BCUT2D eigenvalue weighted by atomic mass is 35.5. The molecule has 0 saturated heterocycles. The molecule has 3 aromatic rings. The zero-order valence-corrected chi connectivity index (χ0v) is 12.9. The number of benzene rings is 2. The third-order valence-electron chi connectivity index (χ3n) is 3.75. The lowest BCUT2D eigenvalue weighted by Crippen LogP contribution is -2.21. The van der Waals surface area contributed by atoms with Crippen LogP contribution < -0.4 is 15.0 Å². The molecule has 116 valence electrons. The van der Waals surface area contributed by atoms with Crippen molar-refractivity contribution in [1.29, 1.82) is 0 Å². The molecule has 0 saturated carbocycles. The Morgan fingerprint density at radius 1 is 1.17 bits per heavy atom. The first-order chi connectivity index (χ1) is 11.2. The standard InChI is InChI=1S/C17H13ClN2O3/c18-12-7-11(8-15-17(12)23-6-5-22-15)10-20-14-4-2-1-3-13(14)19-9-16(20)21/h1-4,7-9H,5-6,10H2. The second-order valence-corrected chi connectivity index (χ2v) is 5.68. The Labute approximate surface area is 137 Å². The fourth-order valence-corrected chi connectivity index (χ4v) is 3.00. The van der Waals surface area contributed by atoms with Gasteiger partial charge in [0.25, 0.3) is 5.56 Å². The van der Waals surface area contributed by atoms with Crippen LogP contribution in [0.5, 0.6) is 11.5 Å². The summed E-state index contributed by atoms with van der Waals surface area (Å²) in [7, 11) is 0. The molecular formula is C17H13ClN2O3. The zero-order valence-electron chi connectivity index (χ0n) is 12.2. The lowest BCUT2D eigenvalue weighted by Gasteiger charge is -2.20. The molecule has 0 radical (unpaired) electrons. The first kappa shape index (κ1) is 14.1. The van der Waals surface area contributed by atoms with Gasteiger partial charge in [-0.25, -0.2) is 4.98 Å². The lowest BCUT2D eigenvalue weighted by molar-refractivity contribution is 0.171. The van der Waals surface area contributed by atoms with E-state index in [1.54, 1.807) is 10.6 Å². The molecule has 0 aliphatic carbocycles. The van der Waals surface area contributed by atoms with Gasteiger partial charge in [0.1, 0.15) is 13.2 Å². The van der Waals surface area contributed by atoms with Gasteiger partial charge in [0, 0.05) is 0 Å². The molecule has 0 unspecified atom stereocenters. The summed E-state index contributed by atoms with van der Waals surface area (Å²) in [5.74, 6) is 1.18. The van der Waals surface area contributed by atoms with E-state index in [4.69, 9.17) is 21.1 Å². The Hall–Kier alpha value is -2.53. The van der Waals surface area contributed by atoms with Crippen molar-refractivity contribution in [2.45, 2.75) is 6.54 Å². The van der Waals surface area contributed by atoms with Crippen LogP contribution in [0.25, 0.3) is 11.0 Å². The summed E-state index contributed by atoms with van der Waals surface area (Å²) in [4.78, 5) is 16.4. The average molecular weight is 329 g/mol. The van der Waals surface area contributed by atoms with E-state index >= 15 is 0 Å². The van der Waals surface area contributed by atoms with Crippen LogP contribution in [-0.4, -0.2) is 22.8 Å². The number of aromatic nitrogens is 2. The molecule has 4 rings (SSSR count). The molecule has 2 aromatic carbocycles. The van der Waals surface area contributed by atoms with Crippen molar-refractivity contribution in [2.24, 2.45) is 0 Å². The Morgan fingerprint density at radius 2 is 2.00 bits per heavy atom. The molecule has 0 N–H and O–H groups in total. The number of nitrogens with zero attached hydrogens (tertiary/aromatic N) is 2. The summed E-state index contributed by atoms with van der Waals surface area (Å²) in [6.07, 6.45) is 1.34. The average Bonchev–Trinajstić information content (AvgIpc) is 2.58. The second kappa shape index (κ2) is 5.59. The van der Waals surface area contributed by atoms with Crippen LogP contribution in [0.1, 0.15) is 5.56 Å². The van der Waals surface area contributed by atoms with E-state index in [0.717, 1.165) is 16.6 Å². The molecule has 1 aromatic heterocycles. The van der Waals surface area contributed by atoms with Gasteiger partial charge in [-0.3, -0.25) is 4.79 Å². The number of para-hydroxylation sites is 2. The summed E-state index contributed by atoms with van der Waals surface area (Å²) < 4.78 is 12.8. The van der Waals surface area contributed by atoms with Crippen LogP contribution in [0.4, 0.5) is 0 Å². The third-order valence-corrected chi connectivity index (χ3v) is 4.03. The van der Waals surface area contributed by atoms with Crippen LogP contribution in [0.3, 0.4) is 0 Å². The summed E-state index contributed by atoms with van der Waals surface area (Å²) in [5, 5.41) is 0.489. The van der Waals surface area contributed by atoms with Crippen molar-refractivity contribution < 1.29 is 9.47 Å². The van der Waals surface area contributed by atoms with Gasteiger partial charge in [0.15, 0.2) is 11.5 Å². The molecule has 1 aliphatic rings. The topological polar surface area (TPSA) is 53.4 Å². The van der Waals surface area contributed by atoms with Crippen LogP contribution >= 0.6 is 11.6 Å². The van der Waals surface area contributed by atoms with E-state index < -0.39 is 0 Å². The van der Waals surface area contributed by atoms with Gasteiger partial charge >= 0.3 is 0 Å². The molecule has 23 heavy (non-hydrogen) atoms. The molecule has 0 fully saturated rings. The molecule has 0 atom stereocenters. The summed E-state index contributed by atoms with van der Waals surface area (Å²) in [6.45, 7) is 1.36. The van der Waals surface area contributed by atoms with Crippen LogP contribution in [-0.2, 0) is 6.54 Å². The molecule has 2 heterocycles. The maximum atomic E-state index is 12.2. The highest BCUT2D eigenvalue weighted by molar-refractivity contribution is 6.32. The first-order valence-electron chi connectivity index (χ1n) is 7.25. The maximum absolute atomic E-state index is 12.2. The van der Waals surface area contributed by atoms with Gasteiger partial charge in [-0.15, -0.1) is 0 Å². The number of hydrogen-bond acceptors (Lipinski definition) is 4. The van der Waals surface area contributed by atoms with E-state index in [0.29, 0.717) is 36.3 Å². The van der Waals surface area contributed by atoms with Crippen molar-refractivity contribution in [3.8, 4) is 11.5 Å². The molecule has 0 bridgehead atoms. The maximum Gasteiger partial charge on any atom is 0.269 e. The Bertz CT molecular complexity index is 952. The highest BCUT2D eigenvalue weighted by Gasteiger charge is 2.17. The number of halogens is 1. The van der Waals surface area contributed by atoms with Crippen molar-refractivity contribution in [3.05, 3.63) is 63.5 Å². The number of hydrogen-bond donors (Lipinski definition) is 0. The molecule has 1 aliphatic heterocycles. The molecule has 0 spiro atoms.